The molecule has 0 saturated heterocycles. The minimum Gasteiger partial charge on any atom is -0.309 e. The summed E-state index contributed by atoms with van der Waals surface area (Å²) in [6.45, 7) is 0. The van der Waals surface area contributed by atoms with Gasteiger partial charge in [0, 0.05) is 49.6 Å². The molecule has 0 N–H and O–H groups in total. The van der Waals surface area contributed by atoms with Crippen LogP contribution in [0.25, 0.3) is 100 Å². The van der Waals surface area contributed by atoms with Gasteiger partial charge < -0.3 is 9.13 Å². The first-order valence-electron chi connectivity index (χ1n) is 19.3. The molecule has 0 bridgehead atoms. The zero-order valence-corrected chi connectivity index (χ0v) is 31.2. The zero-order valence-electron chi connectivity index (χ0n) is 31.2. The van der Waals surface area contributed by atoms with Gasteiger partial charge in [-0.2, -0.15) is 5.26 Å². The van der Waals surface area contributed by atoms with Crippen molar-refractivity contribution >= 4 is 43.6 Å². The molecule has 0 aliphatic heterocycles. The van der Waals surface area contributed by atoms with Gasteiger partial charge in [0.25, 0.3) is 0 Å². The van der Waals surface area contributed by atoms with Crippen LogP contribution in [0.4, 0.5) is 0 Å². The summed E-state index contributed by atoms with van der Waals surface area (Å²) in [5, 5.41) is 14.5. The van der Waals surface area contributed by atoms with E-state index in [1.54, 1.807) is 0 Å². The molecule has 11 aromatic rings. The number of benzene rings is 8. The fraction of sp³-hybridized carbons (Fsp3) is 0. The smallest absolute Gasteiger partial charge is 0.164 e. The lowest BCUT2D eigenvalue weighted by atomic mass is 10.00. The minimum atomic E-state index is 0.591. The molecule has 0 saturated carbocycles. The molecule has 0 unspecified atom stereocenters. The van der Waals surface area contributed by atoms with E-state index < -0.39 is 0 Å². The van der Waals surface area contributed by atoms with Crippen LogP contribution in [0.15, 0.2) is 194 Å². The second kappa shape index (κ2) is 13.6. The van der Waals surface area contributed by atoms with Crippen LogP contribution in [0.2, 0.25) is 0 Å². The Balaban J connectivity index is 1.07. The number of nitriles is 1. The van der Waals surface area contributed by atoms with Gasteiger partial charge in [-0.3, -0.25) is 0 Å². The van der Waals surface area contributed by atoms with E-state index in [-0.39, 0.29) is 0 Å². The molecular weight excluding hydrogens is 709 g/mol. The predicted molar refractivity (Wildman–Crippen MR) is 235 cm³/mol. The van der Waals surface area contributed by atoms with Crippen molar-refractivity contribution in [2.45, 2.75) is 0 Å². The average Bonchev–Trinajstić information content (AvgIpc) is 3.81. The molecule has 58 heavy (non-hydrogen) atoms. The fourth-order valence-corrected chi connectivity index (χ4v) is 8.28. The van der Waals surface area contributed by atoms with Crippen LogP contribution >= 0.6 is 0 Å². The molecular formula is C52H32N6. The van der Waals surface area contributed by atoms with Crippen LogP contribution in [-0.4, -0.2) is 24.1 Å². The van der Waals surface area contributed by atoms with Crippen molar-refractivity contribution in [1.82, 2.24) is 24.1 Å². The molecule has 0 aliphatic carbocycles. The number of fused-ring (bicyclic) bond motifs is 6. The fourth-order valence-electron chi connectivity index (χ4n) is 8.28. The molecule has 3 heterocycles. The first kappa shape index (κ1) is 33.2. The molecule has 0 amide bonds. The molecule has 6 nitrogen and oxygen atoms in total. The van der Waals surface area contributed by atoms with Crippen molar-refractivity contribution in [3.63, 3.8) is 0 Å². The summed E-state index contributed by atoms with van der Waals surface area (Å²) in [7, 11) is 0. The van der Waals surface area contributed by atoms with E-state index in [4.69, 9.17) is 15.0 Å². The van der Waals surface area contributed by atoms with Gasteiger partial charge in [-0.15, -0.1) is 0 Å². The maximum absolute atomic E-state index is 9.99. The lowest BCUT2D eigenvalue weighted by Gasteiger charge is -2.12. The second-order valence-corrected chi connectivity index (χ2v) is 14.4. The topological polar surface area (TPSA) is 72.3 Å². The van der Waals surface area contributed by atoms with Crippen LogP contribution in [0.1, 0.15) is 5.56 Å². The molecule has 0 aliphatic rings. The molecule has 0 spiro atoms. The van der Waals surface area contributed by atoms with E-state index in [9.17, 15) is 5.26 Å². The number of nitrogens with zero attached hydrogens (tertiary/aromatic N) is 6. The second-order valence-electron chi connectivity index (χ2n) is 14.4. The lowest BCUT2D eigenvalue weighted by molar-refractivity contribution is 1.07. The first-order valence-corrected chi connectivity index (χ1v) is 19.3. The Kier molecular flexibility index (Phi) is 7.76. The van der Waals surface area contributed by atoms with Gasteiger partial charge in [0.1, 0.15) is 0 Å². The Labute approximate surface area is 334 Å². The highest BCUT2D eigenvalue weighted by Gasteiger charge is 2.18. The van der Waals surface area contributed by atoms with Gasteiger partial charge >= 0.3 is 0 Å². The van der Waals surface area contributed by atoms with Crippen molar-refractivity contribution in [1.29, 1.82) is 5.26 Å². The highest BCUT2D eigenvalue weighted by atomic mass is 15.0. The average molecular weight is 741 g/mol. The molecule has 3 aromatic heterocycles. The van der Waals surface area contributed by atoms with E-state index in [0.717, 1.165) is 66.5 Å². The van der Waals surface area contributed by atoms with Crippen molar-refractivity contribution in [3.8, 4) is 62.7 Å². The van der Waals surface area contributed by atoms with Gasteiger partial charge in [0.15, 0.2) is 17.5 Å². The van der Waals surface area contributed by atoms with Gasteiger partial charge in [0.05, 0.1) is 33.7 Å². The predicted octanol–water partition coefficient (Wildman–Crippen LogP) is 12.6. The number of rotatable bonds is 6. The maximum atomic E-state index is 9.99. The van der Waals surface area contributed by atoms with Gasteiger partial charge in [-0.25, -0.2) is 15.0 Å². The van der Waals surface area contributed by atoms with Gasteiger partial charge in [-0.05, 0) is 83.9 Å². The summed E-state index contributed by atoms with van der Waals surface area (Å²) in [5.74, 6) is 1.82. The van der Waals surface area contributed by atoms with Crippen molar-refractivity contribution in [3.05, 3.63) is 200 Å². The molecule has 270 valence electrons. The summed E-state index contributed by atoms with van der Waals surface area (Å²) in [4.78, 5) is 14.9. The maximum Gasteiger partial charge on any atom is 0.164 e. The Hall–Kier alpha value is -8.14. The molecule has 6 heteroatoms. The van der Waals surface area contributed by atoms with Gasteiger partial charge in [-0.1, -0.05) is 121 Å². The first-order chi connectivity index (χ1) is 28.7. The normalized spacial score (nSPS) is 11.4. The molecule has 11 rings (SSSR count). The largest absolute Gasteiger partial charge is 0.309 e. The zero-order chi connectivity index (χ0) is 38.6. The monoisotopic (exact) mass is 740 g/mol. The van der Waals surface area contributed by atoms with Gasteiger partial charge in [0.2, 0.25) is 0 Å². The van der Waals surface area contributed by atoms with E-state index in [0.29, 0.717) is 23.0 Å². The van der Waals surface area contributed by atoms with Crippen LogP contribution < -0.4 is 0 Å². The van der Waals surface area contributed by atoms with E-state index in [1.807, 2.05) is 78.9 Å². The van der Waals surface area contributed by atoms with Crippen LogP contribution in [0, 0.1) is 11.3 Å². The third kappa shape index (κ3) is 5.53. The summed E-state index contributed by atoms with van der Waals surface area (Å²) in [6, 6.07) is 69.3. The SMILES string of the molecule is N#Cc1ccc2c(c1)c1cc(-c3ccc4c(c3)c3ccccc3n4-c3ccccc3)ccc1n2-c1cccc(-c2nc(-c3ccccc3)nc(-c3ccccc3)n2)c1. The Morgan fingerprint density at radius 1 is 0.328 bits per heavy atom. The number of aromatic nitrogens is 5. The van der Waals surface area contributed by atoms with E-state index >= 15 is 0 Å². The Bertz CT molecular complexity index is 3340. The summed E-state index contributed by atoms with van der Waals surface area (Å²) in [6.07, 6.45) is 0. The van der Waals surface area contributed by atoms with Crippen molar-refractivity contribution in [2.75, 3.05) is 0 Å². The highest BCUT2D eigenvalue weighted by Crippen LogP contribution is 2.39. The van der Waals surface area contributed by atoms with Crippen LogP contribution in [-0.2, 0) is 0 Å². The van der Waals surface area contributed by atoms with E-state index in [2.05, 4.69) is 130 Å². The summed E-state index contributed by atoms with van der Waals surface area (Å²) >= 11 is 0. The lowest BCUT2D eigenvalue weighted by Crippen LogP contribution is -2.01. The van der Waals surface area contributed by atoms with Crippen LogP contribution in [0.3, 0.4) is 0 Å². The third-order valence-electron chi connectivity index (χ3n) is 11.0. The summed E-state index contributed by atoms with van der Waals surface area (Å²) < 4.78 is 4.61. The van der Waals surface area contributed by atoms with Crippen molar-refractivity contribution in [2.24, 2.45) is 0 Å². The van der Waals surface area contributed by atoms with Crippen molar-refractivity contribution < 1.29 is 0 Å². The third-order valence-corrected chi connectivity index (χ3v) is 11.0. The number of para-hydroxylation sites is 2. The minimum absolute atomic E-state index is 0.591. The molecule has 0 atom stereocenters. The Morgan fingerprint density at radius 2 is 0.776 bits per heavy atom. The quantitative estimate of drug-likeness (QED) is 0.170. The summed E-state index contributed by atoms with van der Waals surface area (Å²) in [5.41, 5.74) is 12.1. The highest BCUT2D eigenvalue weighted by molar-refractivity contribution is 6.13. The molecule has 8 aromatic carbocycles. The van der Waals surface area contributed by atoms with E-state index in [1.165, 1.54) is 16.3 Å². The standard InChI is InChI=1S/C52H32N6/c53-33-34-23-26-47-43(29-34)45-32-38(37-24-27-48-44(31-37)42-21-10-11-22-46(42)57(48)40-18-8-3-9-19-40)25-28-49(45)58(47)41-20-12-17-39(30-41)52-55-50(35-13-4-1-5-14-35)54-51(56-52)36-15-6-2-7-16-36/h1-32H. The number of hydrogen-bond acceptors (Lipinski definition) is 4. The molecule has 0 fully saturated rings. The molecule has 0 radical (unpaired) electrons. The Morgan fingerprint density at radius 3 is 1.40 bits per heavy atom. The number of hydrogen-bond donors (Lipinski definition) is 0. The van der Waals surface area contributed by atoms with Crippen LogP contribution in [0.5, 0.6) is 0 Å².